The van der Waals surface area contributed by atoms with Crippen molar-refractivity contribution in [1.29, 1.82) is 0 Å². The summed E-state index contributed by atoms with van der Waals surface area (Å²) in [6, 6.07) is 10.0. The number of hydrogen-bond donors (Lipinski definition) is 2. The van der Waals surface area contributed by atoms with Crippen molar-refractivity contribution in [2.45, 2.75) is 25.7 Å². The molecule has 0 saturated carbocycles. The summed E-state index contributed by atoms with van der Waals surface area (Å²) in [5.41, 5.74) is 1.13. The summed E-state index contributed by atoms with van der Waals surface area (Å²) in [4.78, 5) is 0. The van der Waals surface area contributed by atoms with Crippen LogP contribution in [0.2, 0.25) is 0 Å². The number of halogens is 1. The van der Waals surface area contributed by atoms with Gasteiger partial charge in [0.2, 0.25) is 0 Å². The number of aliphatic hydroxyl groups excluding tert-OH is 1. The maximum atomic E-state index is 12.0. The Balaban J connectivity index is 2.10. The Hall–Kier alpha value is -0.970. The standard InChI is InChI=1S/C13H20FNO2/c1-11(15-8-13(16)7-14)9-17-10-12-5-3-2-4-6-12/h2-6,11,13,15-16H,7-10H2,1H3. The molecule has 4 heteroatoms. The molecule has 96 valence electrons. The van der Waals surface area contributed by atoms with E-state index in [0.717, 1.165) is 5.56 Å². The Morgan fingerprint density at radius 2 is 2.06 bits per heavy atom. The first-order valence-corrected chi connectivity index (χ1v) is 5.81. The summed E-state index contributed by atoms with van der Waals surface area (Å²) in [5, 5.41) is 12.0. The van der Waals surface area contributed by atoms with Crippen LogP contribution in [0.5, 0.6) is 0 Å². The zero-order chi connectivity index (χ0) is 12.5. The summed E-state index contributed by atoms with van der Waals surface area (Å²) in [5.74, 6) is 0. The molecule has 0 amide bonds. The molecule has 0 saturated heterocycles. The highest BCUT2D eigenvalue weighted by molar-refractivity contribution is 5.13. The summed E-state index contributed by atoms with van der Waals surface area (Å²) in [7, 11) is 0. The van der Waals surface area contributed by atoms with E-state index >= 15 is 0 Å². The van der Waals surface area contributed by atoms with E-state index in [9.17, 15) is 4.39 Å². The molecule has 2 atom stereocenters. The van der Waals surface area contributed by atoms with Crippen LogP contribution in [0.25, 0.3) is 0 Å². The molecule has 2 unspecified atom stereocenters. The van der Waals surface area contributed by atoms with Crippen LogP contribution in [0.15, 0.2) is 30.3 Å². The average molecular weight is 241 g/mol. The predicted octanol–water partition coefficient (Wildman–Crippen LogP) is 1.51. The fourth-order valence-electron chi connectivity index (χ4n) is 1.38. The second-order valence-electron chi connectivity index (χ2n) is 4.12. The number of rotatable bonds is 8. The molecule has 0 aliphatic carbocycles. The van der Waals surface area contributed by atoms with Gasteiger partial charge in [0.1, 0.15) is 6.67 Å². The van der Waals surface area contributed by atoms with E-state index < -0.39 is 12.8 Å². The Bertz CT molecular complexity index is 295. The van der Waals surface area contributed by atoms with Gasteiger partial charge in [0.25, 0.3) is 0 Å². The van der Waals surface area contributed by atoms with Crippen LogP contribution in [0, 0.1) is 0 Å². The number of aliphatic hydroxyl groups is 1. The van der Waals surface area contributed by atoms with E-state index in [2.05, 4.69) is 5.32 Å². The van der Waals surface area contributed by atoms with Gasteiger partial charge in [-0.2, -0.15) is 0 Å². The van der Waals surface area contributed by atoms with E-state index in [-0.39, 0.29) is 12.6 Å². The third kappa shape index (κ3) is 6.36. The quantitative estimate of drug-likeness (QED) is 0.725. The molecular weight excluding hydrogens is 221 g/mol. The molecule has 3 nitrogen and oxygen atoms in total. The maximum absolute atomic E-state index is 12.0. The van der Waals surface area contributed by atoms with Gasteiger partial charge in [-0.15, -0.1) is 0 Å². The molecule has 0 heterocycles. The van der Waals surface area contributed by atoms with Gasteiger partial charge >= 0.3 is 0 Å². The molecule has 1 aromatic carbocycles. The second kappa shape index (κ2) is 8.17. The average Bonchev–Trinajstić information content (AvgIpc) is 2.37. The topological polar surface area (TPSA) is 41.5 Å². The minimum atomic E-state index is -0.924. The van der Waals surface area contributed by atoms with E-state index in [1.165, 1.54) is 0 Å². The smallest absolute Gasteiger partial charge is 0.117 e. The molecular formula is C13H20FNO2. The van der Waals surface area contributed by atoms with Crippen molar-refractivity contribution >= 4 is 0 Å². The van der Waals surface area contributed by atoms with Crippen LogP contribution in [-0.2, 0) is 11.3 Å². The van der Waals surface area contributed by atoms with Crippen LogP contribution in [0.1, 0.15) is 12.5 Å². The zero-order valence-corrected chi connectivity index (χ0v) is 10.1. The molecule has 0 bridgehead atoms. The van der Waals surface area contributed by atoms with Gasteiger partial charge < -0.3 is 15.2 Å². The van der Waals surface area contributed by atoms with Gasteiger partial charge in [-0.3, -0.25) is 0 Å². The molecule has 0 spiro atoms. The Labute approximate surface area is 102 Å². The van der Waals surface area contributed by atoms with Gasteiger partial charge in [-0.25, -0.2) is 4.39 Å². The third-order valence-corrected chi connectivity index (χ3v) is 2.36. The molecule has 0 radical (unpaired) electrons. The van der Waals surface area contributed by atoms with Gasteiger partial charge in [-0.05, 0) is 12.5 Å². The molecule has 0 aromatic heterocycles. The van der Waals surface area contributed by atoms with Gasteiger partial charge in [0.15, 0.2) is 0 Å². The van der Waals surface area contributed by atoms with Crippen molar-refractivity contribution in [2.75, 3.05) is 19.8 Å². The van der Waals surface area contributed by atoms with E-state index in [4.69, 9.17) is 9.84 Å². The number of nitrogens with one attached hydrogen (secondary N) is 1. The second-order valence-corrected chi connectivity index (χ2v) is 4.12. The van der Waals surface area contributed by atoms with Crippen LogP contribution >= 0.6 is 0 Å². The molecule has 0 aliphatic heterocycles. The minimum Gasteiger partial charge on any atom is -0.389 e. The number of ether oxygens (including phenoxy) is 1. The molecule has 0 aliphatic rings. The summed E-state index contributed by atoms with van der Waals surface area (Å²) < 4.78 is 17.5. The zero-order valence-electron chi connectivity index (χ0n) is 10.1. The van der Waals surface area contributed by atoms with Crippen molar-refractivity contribution in [1.82, 2.24) is 5.32 Å². The normalized spacial score (nSPS) is 14.5. The first kappa shape index (κ1) is 14.1. The maximum Gasteiger partial charge on any atom is 0.117 e. The van der Waals surface area contributed by atoms with Crippen LogP contribution in [-0.4, -0.2) is 37.1 Å². The highest BCUT2D eigenvalue weighted by Crippen LogP contribution is 2.00. The Morgan fingerprint density at radius 1 is 1.35 bits per heavy atom. The fraction of sp³-hybridized carbons (Fsp3) is 0.538. The predicted molar refractivity (Wildman–Crippen MR) is 65.5 cm³/mol. The first-order valence-electron chi connectivity index (χ1n) is 5.81. The summed E-state index contributed by atoms with van der Waals surface area (Å²) >= 11 is 0. The SMILES string of the molecule is CC(COCc1ccccc1)NCC(O)CF. The lowest BCUT2D eigenvalue weighted by molar-refractivity contribution is 0.0909. The van der Waals surface area contributed by atoms with Crippen LogP contribution in [0.4, 0.5) is 4.39 Å². The van der Waals surface area contributed by atoms with E-state index in [0.29, 0.717) is 13.2 Å². The van der Waals surface area contributed by atoms with Crippen molar-refractivity contribution in [3.8, 4) is 0 Å². The van der Waals surface area contributed by atoms with Crippen molar-refractivity contribution < 1.29 is 14.2 Å². The molecule has 0 fully saturated rings. The lowest BCUT2D eigenvalue weighted by Crippen LogP contribution is -2.37. The van der Waals surface area contributed by atoms with Crippen molar-refractivity contribution in [3.63, 3.8) is 0 Å². The highest BCUT2D eigenvalue weighted by atomic mass is 19.1. The molecule has 1 rings (SSSR count). The summed E-state index contributed by atoms with van der Waals surface area (Å²) in [6.07, 6.45) is -0.924. The molecule has 17 heavy (non-hydrogen) atoms. The highest BCUT2D eigenvalue weighted by Gasteiger charge is 2.06. The van der Waals surface area contributed by atoms with Crippen LogP contribution in [0.3, 0.4) is 0 Å². The Morgan fingerprint density at radius 3 is 2.71 bits per heavy atom. The fourth-order valence-corrected chi connectivity index (χ4v) is 1.38. The van der Waals surface area contributed by atoms with Crippen molar-refractivity contribution in [3.05, 3.63) is 35.9 Å². The number of alkyl halides is 1. The number of benzene rings is 1. The first-order chi connectivity index (χ1) is 8.22. The summed E-state index contributed by atoms with van der Waals surface area (Å²) in [6.45, 7) is 2.58. The van der Waals surface area contributed by atoms with Gasteiger partial charge in [0.05, 0.1) is 19.3 Å². The minimum absolute atomic E-state index is 0.0971. The van der Waals surface area contributed by atoms with Crippen molar-refractivity contribution in [2.24, 2.45) is 0 Å². The van der Waals surface area contributed by atoms with E-state index in [1.807, 2.05) is 37.3 Å². The third-order valence-electron chi connectivity index (χ3n) is 2.36. The molecule has 2 N–H and O–H groups in total. The molecule has 1 aromatic rings. The monoisotopic (exact) mass is 241 g/mol. The largest absolute Gasteiger partial charge is 0.389 e. The lowest BCUT2D eigenvalue weighted by atomic mass is 10.2. The van der Waals surface area contributed by atoms with Gasteiger partial charge in [-0.1, -0.05) is 30.3 Å². The Kier molecular flexibility index (Phi) is 6.77. The van der Waals surface area contributed by atoms with E-state index in [1.54, 1.807) is 0 Å². The van der Waals surface area contributed by atoms with Crippen LogP contribution < -0.4 is 5.32 Å². The number of hydrogen-bond acceptors (Lipinski definition) is 3. The van der Waals surface area contributed by atoms with Gasteiger partial charge in [0, 0.05) is 12.6 Å². The lowest BCUT2D eigenvalue weighted by Gasteiger charge is -2.15.